The van der Waals surface area contributed by atoms with Gasteiger partial charge in [0.25, 0.3) is 0 Å². The Hall–Kier alpha value is -3.00. The first-order chi connectivity index (χ1) is 16.8. The molecule has 0 amide bonds. The Bertz CT molecular complexity index is 1560. The first-order valence-electron chi connectivity index (χ1n) is 12.0. The molecule has 0 N–H and O–H groups in total. The minimum Gasteiger partial charge on any atom is -0.455 e. The van der Waals surface area contributed by atoms with Crippen molar-refractivity contribution in [2.24, 2.45) is 4.74 Å². The highest BCUT2D eigenvalue weighted by Gasteiger charge is 2.39. The third-order valence-electron chi connectivity index (χ3n) is 6.41. The minimum absolute atomic E-state index is 0.293. The van der Waals surface area contributed by atoms with Gasteiger partial charge in [-0.25, -0.2) is 4.74 Å². The molecule has 0 saturated carbocycles. The van der Waals surface area contributed by atoms with Gasteiger partial charge in [0.1, 0.15) is 5.75 Å². The second-order valence-corrected chi connectivity index (χ2v) is 13.5. The number of para-hydroxylation sites is 2. The van der Waals surface area contributed by atoms with Crippen molar-refractivity contribution in [2.75, 3.05) is 0 Å². The molecule has 0 aliphatic carbocycles. The molecule has 0 fully saturated rings. The van der Waals surface area contributed by atoms with Crippen LogP contribution in [0.15, 0.2) is 102 Å². The third-order valence-corrected chi connectivity index (χ3v) is 10.5. The summed E-state index contributed by atoms with van der Waals surface area (Å²) in [7, 11) is -2.65. The lowest BCUT2D eigenvalue weighted by Gasteiger charge is -2.37. The van der Waals surface area contributed by atoms with Crippen molar-refractivity contribution in [1.29, 1.82) is 0 Å². The predicted octanol–water partition coefficient (Wildman–Crippen LogP) is 9.42. The zero-order chi connectivity index (χ0) is 24.6. The summed E-state index contributed by atoms with van der Waals surface area (Å²) < 4.78 is 14.7. The molecule has 4 aromatic carbocycles. The molecular weight excluding hydrogens is 471 g/mol. The van der Waals surface area contributed by atoms with E-state index < -0.39 is 7.28 Å². The van der Waals surface area contributed by atoms with Crippen LogP contribution in [-0.4, -0.2) is 9.72 Å². The summed E-state index contributed by atoms with van der Waals surface area (Å²) in [6.07, 6.45) is 0. The molecule has 0 aliphatic heterocycles. The van der Waals surface area contributed by atoms with Crippen LogP contribution in [0.4, 0.5) is 5.69 Å². The van der Waals surface area contributed by atoms with Crippen LogP contribution in [0.1, 0.15) is 27.7 Å². The van der Waals surface area contributed by atoms with Gasteiger partial charge in [0.2, 0.25) is 0 Å². The molecule has 35 heavy (non-hydrogen) atoms. The van der Waals surface area contributed by atoms with Gasteiger partial charge >= 0.3 is 0 Å². The van der Waals surface area contributed by atoms with Crippen LogP contribution in [0.3, 0.4) is 0 Å². The monoisotopic (exact) mass is 500 g/mol. The number of aryl methyl sites for hydroxylation is 1. The van der Waals surface area contributed by atoms with Gasteiger partial charge in [-0.1, -0.05) is 80.9 Å². The van der Waals surface area contributed by atoms with Crippen LogP contribution in [0.2, 0.25) is 5.02 Å². The zero-order valence-electron chi connectivity index (χ0n) is 20.6. The molecule has 1 aromatic heterocycles. The number of rotatable bonds is 5. The van der Waals surface area contributed by atoms with E-state index in [0.717, 1.165) is 23.3 Å². The fourth-order valence-corrected chi connectivity index (χ4v) is 8.03. The number of fused-ring (bicyclic) bond motifs is 3. The lowest BCUT2D eigenvalue weighted by molar-refractivity contribution is 0.571. The topological polar surface area (TPSA) is 26.5 Å². The van der Waals surface area contributed by atoms with E-state index in [9.17, 15) is 0 Å². The Kier molecular flexibility index (Phi) is 6.25. The first kappa shape index (κ1) is 23.7. The van der Waals surface area contributed by atoms with Crippen molar-refractivity contribution in [1.82, 2.24) is 4.57 Å². The molecule has 1 heterocycles. The highest BCUT2D eigenvalue weighted by molar-refractivity contribution is 7.71. The molecule has 0 radical (unpaired) electrons. The predicted molar refractivity (Wildman–Crippen MR) is 152 cm³/mol. The quantitative estimate of drug-likeness (QED) is 0.221. The molecule has 3 nitrogen and oxygen atoms in total. The largest absolute Gasteiger partial charge is 0.455 e. The lowest BCUT2D eigenvalue weighted by atomic mass is 10.1. The molecule has 0 unspecified atom stereocenters. The average Bonchev–Trinajstić information content (AvgIpc) is 3.18. The molecular formula is C30H30ClN2OP. The third kappa shape index (κ3) is 4.18. The molecule has 5 heteroatoms. The molecule has 0 saturated heterocycles. The van der Waals surface area contributed by atoms with Gasteiger partial charge in [-0.05, 0) is 55.5 Å². The molecule has 178 valence electrons. The van der Waals surface area contributed by atoms with Crippen LogP contribution in [-0.2, 0) is 6.54 Å². The van der Waals surface area contributed by atoms with Gasteiger partial charge < -0.3 is 9.09 Å². The fraction of sp³-hybridized carbons (Fsp3) is 0.200. The van der Waals surface area contributed by atoms with Crippen molar-refractivity contribution in [2.45, 2.75) is 39.4 Å². The maximum absolute atomic E-state index is 6.98. The molecule has 5 aromatic rings. The van der Waals surface area contributed by atoms with Crippen LogP contribution in [0.25, 0.3) is 21.8 Å². The van der Waals surface area contributed by atoms with Crippen molar-refractivity contribution in [3.8, 4) is 5.75 Å². The maximum Gasteiger partial charge on any atom is 0.173 e. The van der Waals surface area contributed by atoms with Gasteiger partial charge in [-0.3, -0.25) is 0 Å². The highest BCUT2D eigenvalue weighted by atomic mass is 35.5. The van der Waals surface area contributed by atoms with Gasteiger partial charge in [0.05, 0.1) is 10.7 Å². The summed E-state index contributed by atoms with van der Waals surface area (Å²) in [5.41, 5.74) is 3.22. The Morgan fingerprint density at radius 3 is 2.17 bits per heavy atom. The summed E-state index contributed by atoms with van der Waals surface area (Å²) in [6, 6.07) is 33.1. The second kappa shape index (κ2) is 9.22. The molecule has 0 spiro atoms. The summed E-state index contributed by atoms with van der Waals surface area (Å²) in [4.78, 5) is 0. The number of hydrogen-bond donors (Lipinski definition) is 0. The Labute approximate surface area is 212 Å². The number of nitrogens with zero attached hydrogens (tertiary/aromatic N) is 2. The summed E-state index contributed by atoms with van der Waals surface area (Å²) in [6.45, 7) is 9.74. The van der Waals surface area contributed by atoms with E-state index in [1.807, 2.05) is 54.6 Å². The smallest absolute Gasteiger partial charge is 0.173 e. The fourth-order valence-electron chi connectivity index (χ4n) is 4.69. The van der Waals surface area contributed by atoms with E-state index in [2.05, 4.69) is 74.7 Å². The van der Waals surface area contributed by atoms with Crippen molar-refractivity contribution >= 4 is 51.7 Å². The van der Waals surface area contributed by atoms with Crippen molar-refractivity contribution < 1.29 is 4.52 Å². The van der Waals surface area contributed by atoms with E-state index in [1.165, 1.54) is 21.8 Å². The second-order valence-electron chi connectivity index (χ2n) is 9.67. The number of aromatic nitrogens is 1. The summed E-state index contributed by atoms with van der Waals surface area (Å²) >= 11 is 6.63. The average molecular weight is 501 g/mol. The van der Waals surface area contributed by atoms with Crippen LogP contribution in [0, 0.1) is 0 Å². The van der Waals surface area contributed by atoms with E-state index in [-0.39, 0.29) is 5.16 Å². The van der Waals surface area contributed by atoms with Gasteiger partial charge in [-0.15, -0.1) is 0 Å². The standard InChI is InChI=1S/C30H30ClN2OP/c1-5-33-28-18-12-9-15-24(28)25-21-23(19-20-29(25)33)35(30(2,3)4,34-22-13-7-6-8-14-22)32-27-17-11-10-16-26(27)31/h6-21H,5H2,1-4H3/t35-/m1/s1. The van der Waals surface area contributed by atoms with Crippen molar-refractivity contribution in [3.05, 3.63) is 102 Å². The van der Waals surface area contributed by atoms with E-state index in [1.54, 1.807) is 0 Å². The molecule has 5 rings (SSSR count). The molecule has 0 bridgehead atoms. The molecule has 1 atom stereocenters. The first-order valence-corrected chi connectivity index (χ1v) is 14.0. The van der Waals surface area contributed by atoms with Gasteiger partial charge in [0, 0.05) is 38.8 Å². The normalized spacial score (nSPS) is 13.6. The number of halogens is 1. The van der Waals surface area contributed by atoms with Gasteiger partial charge in [0.15, 0.2) is 7.28 Å². The highest BCUT2D eigenvalue weighted by Crippen LogP contribution is 2.62. The lowest BCUT2D eigenvalue weighted by Crippen LogP contribution is -2.27. The summed E-state index contributed by atoms with van der Waals surface area (Å²) in [5, 5.41) is 3.90. The van der Waals surface area contributed by atoms with E-state index >= 15 is 0 Å². The van der Waals surface area contributed by atoms with Crippen LogP contribution in [0.5, 0.6) is 5.75 Å². The SMILES string of the molecule is CCn1c2ccccc2c2cc([P@@](=Nc3ccccc3Cl)(Oc3ccccc3)C(C)(C)C)ccc21. The summed E-state index contributed by atoms with van der Waals surface area (Å²) in [5.74, 6) is 0.808. The minimum atomic E-state index is -2.65. The van der Waals surface area contributed by atoms with Gasteiger partial charge in [-0.2, -0.15) is 0 Å². The number of benzene rings is 4. The maximum atomic E-state index is 6.98. The van der Waals surface area contributed by atoms with Crippen LogP contribution < -0.4 is 9.83 Å². The Morgan fingerprint density at radius 2 is 1.46 bits per heavy atom. The zero-order valence-corrected chi connectivity index (χ0v) is 22.2. The molecule has 0 aliphatic rings. The van der Waals surface area contributed by atoms with E-state index in [0.29, 0.717) is 5.02 Å². The Balaban J connectivity index is 1.86. The number of hydrogen-bond acceptors (Lipinski definition) is 2. The van der Waals surface area contributed by atoms with Crippen molar-refractivity contribution in [3.63, 3.8) is 0 Å². The van der Waals surface area contributed by atoms with Crippen LogP contribution >= 0.6 is 18.9 Å². The Morgan fingerprint density at radius 1 is 0.800 bits per heavy atom. The van der Waals surface area contributed by atoms with E-state index in [4.69, 9.17) is 20.9 Å².